The molecule has 1 nitrogen and oxygen atoms in total. The maximum atomic E-state index is 2.51. The molecule has 0 fully saturated rings. The zero-order valence-electron chi connectivity index (χ0n) is 31.7. The lowest BCUT2D eigenvalue weighted by Gasteiger charge is -2.32. The monoisotopic (exact) mass is 715 g/mol. The molecule has 0 unspecified atom stereocenters. The molecule has 0 atom stereocenters. The maximum absolute atomic E-state index is 2.51. The Labute approximate surface area is 329 Å². The van der Waals surface area contributed by atoms with Gasteiger partial charge >= 0.3 is 0 Å². The van der Waals surface area contributed by atoms with Crippen LogP contribution >= 0.6 is 0 Å². The largest absolute Gasteiger partial charge is 0.309 e. The van der Waals surface area contributed by atoms with Crippen LogP contribution in [-0.2, 0) is 5.41 Å². The van der Waals surface area contributed by atoms with E-state index in [1.165, 1.54) is 77.5 Å². The van der Waals surface area contributed by atoms with Gasteiger partial charge in [-0.25, -0.2) is 0 Å². The molecule has 0 radical (unpaired) electrons. The van der Waals surface area contributed by atoms with Crippen LogP contribution < -0.4 is 4.90 Å². The van der Waals surface area contributed by atoms with E-state index in [0.29, 0.717) is 0 Å². The highest BCUT2D eigenvalue weighted by Gasteiger charge is 2.38. The topological polar surface area (TPSA) is 3.24 Å². The molecule has 10 rings (SSSR count). The lowest BCUT2D eigenvalue weighted by molar-refractivity contribution is 0.662. The highest BCUT2D eigenvalue weighted by molar-refractivity contribution is 6.04. The third-order valence-corrected chi connectivity index (χ3v) is 11.7. The fraction of sp³-hybridized carbons (Fsp3) is 0.0545. The van der Waals surface area contributed by atoms with Crippen molar-refractivity contribution in [1.82, 2.24) is 0 Å². The summed E-state index contributed by atoms with van der Waals surface area (Å²) in [5.74, 6) is 0. The summed E-state index contributed by atoms with van der Waals surface area (Å²) in [6, 6.07) is 77.7. The standard InChI is InChI=1S/C55H41N/c1-55(2)50-32-15-13-26-45(50)48-30-17-31-49(54(48)55)46-27-14-16-33-51(46)56(42-36-35-38-19-9-10-24-41(38)37-42)52-34-18-29-44(40-22-7-4-8-23-40)53(52)47-28-12-11-25-43(47)39-20-5-3-6-21-39/h3-37H,1-2H3. The van der Waals surface area contributed by atoms with E-state index in [1.54, 1.807) is 0 Å². The van der Waals surface area contributed by atoms with Crippen molar-refractivity contribution in [2.45, 2.75) is 19.3 Å². The summed E-state index contributed by atoms with van der Waals surface area (Å²) in [7, 11) is 0. The summed E-state index contributed by atoms with van der Waals surface area (Å²) in [6.45, 7) is 4.76. The number of anilines is 3. The first-order chi connectivity index (χ1) is 27.6. The van der Waals surface area contributed by atoms with Gasteiger partial charge in [-0.15, -0.1) is 0 Å². The second kappa shape index (κ2) is 13.7. The Kier molecular flexibility index (Phi) is 8.23. The number of rotatable bonds is 7. The van der Waals surface area contributed by atoms with Crippen LogP contribution in [0.25, 0.3) is 66.4 Å². The van der Waals surface area contributed by atoms with Crippen LogP contribution in [0.3, 0.4) is 0 Å². The molecule has 1 aliphatic carbocycles. The Hall–Kier alpha value is -6.96. The molecule has 0 bridgehead atoms. The summed E-state index contributed by atoms with van der Waals surface area (Å²) in [5, 5.41) is 2.42. The molecule has 0 spiro atoms. The number of nitrogens with zero attached hydrogens (tertiary/aromatic N) is 1. The first-order valence-corrected chi connectivity index (χ1v) is 19.5. The normalized spacial score (nSPS) is 12.6. The highest BCUT2D eigenvalue weighted by atomic mass is 15.1. The van der Waals surface area contributed by atoms with E-state index in [9.17, 15) is 0 Å². The molecule has 9 aromatic rings. The summed E-state index contributed by atoms with van der Waals surface area (Å²) in [4.78, 5) is 2.51. The van der Waals surface area contributed by atoms with E-state index >= 15 is 0 Å². The molecular formula is C55H41N. The van der Waals surface area contributed by atoms with Gasteiger partial charge in [-0.1, -0.05) is 202 Å². The van der Waals surface area contributed by atoms with E-state index in [0.717, 1.165) is 17.1 Å². The van der Waals surface area contributed by atoms with Crippen LogP contribution in [0.1, 0.15) is 25.0 Å². The Morgan fingerprint density at radius 1 is 0.339 bits per heavy atom. The number of para-hydroxylation sites is 1. The SMILES string of the molecule is CC1(C)c2ccccc2-c2cccc(-c3ccccc3N(c3ccc4ccccc4c3)c3cccc(-c4ccccc4)c3-c3ccccc3-c3ccccc3)c21. The van der Waals surface area contributed by atoms with Crippen LogP contribution in [0, 0.1) is 0 Å². The third kappa shape index (κ3) is 5.55. The van der Waals surface area contributed by atoms with E-state index in [2.05, 4.69) is 231 Å². The fourth-order valence-electron chi connectivity index (χ4n) is 9.13. The summed E-state index contributed by atoms with van der Waals surface area (Å²) < 4.78 is 0. The fourth-order valence-corrected chi connectivity index (χ4v) is 9.13. The minimum Gasteiger partial charge on any atom is -0.309 e. The van der Waals surface area contributed by atoms with Crippen molar-refractivity contribution in [1.29, 1.82) is 0 Å². The van der Waals surface area contributed by atoms with Gasteiger partial charge in [-0.2, -0.15) is 0 Å². The molecule has 0 saturated heterocycles. The van der Waals surface area contributed by atoms with Crippen molar-refractivity contribution in [2.75, 3.05) is 4.90 Å². The predicted molar refractivity (Wildman–Crippen MR) is 238 cm³/mol. The van der Waals surface area contributed by atoms with Gasteiger partial charge in [0, 0.05) is 22.2 Å². The molecule has 56 heavy (non-hydrogen) atoms. The minimum atomic E-state index is -0.170. The Bertz CT molecular complexity index is 2880. The number of hydrogen-bond donors (Lipinski definition) is 0. The molecular weight excluding hydrogens is 675 g/mol. The zero-order valence-corrected chi connectivity index (χ0v) is 31.7. The van der Waals surface area contributed by atoms with Gasteiger partial charge in [-0.3, -0.25) is 0 Å². The van der Waals surface area contributed by atoms with Gasteiger partial charge in [0.05, 0.1) is 11.4 Å². The van der Waals surface area contributed by atoms with Crippen LogP contribution in [-0.4, -0.2) is 0 Å². The van der Waals surface area contributed by atoms with Crippen molar-refractivity contribution in [3.05, 3.63) is 223 Å². The summed E-state index contributed by atoms with van der Waals surface area (Å²) >= 11 is 0. The zero-order chi connectivity index (χ0) is 37.6. The van der Waals surface area contributed by atoms with E-state index < -0.39 is 0 Å². The van der Waals surface area contributed by atoms with Crippen molar-refractivity contribution >= 4 is 27.8 Å². The van der Waals surface area contributed by atoms with Gasteiger partial charge in [0.1, 0.15) is 0 Å². The van der Waals surface area contributed by atoms with Gasteiger partial charge in [-0.05, 0) is 90.7 Å². The van der Waals surface area contributed by atoms with Gasteiger partial charge < -0.3 is 4.90 Å². The summed E-state index contributed by atoms with van der Waals surface area (Å²) in [5.41, 5.74) is 18.2. The lowest BCUT2D eigenvalue weighted by atomic mass is 9.78. The average Bonchev–Trinajstić information content (AvgIpc) is 3.50. The van der Waals surface area contributed by atoms with Gasteiger partial charge in [0.2, 0.25) is 0 Å². The molecule has 0 heterocycles. The second-order valence-electron chi connectivity index (χ2n) is 15.3. The quantitative estimate of drug-likeness (QED) is 0.159. The molecule has 1 aliphatic rings. The van der Waals surface area contributed by atoms with Crippen LogP contribution in [0.2, 0.25) is 0 Å². The molecule has 266 valence electrons. The van der Waals surface area contributed by atoms with Crippen molar-refractivity contribution < 1.29 is 0 Å². The number of benzene rings is 9. The lowest BCUT2D eigenvalue weighted by Crippen LogP contribution is -2.17. The first kappa shape index (κ1) is 33.6. The maximum Gasteiger partial charge on any atom is 0.0546 e. The van der Waals surface area contributed by atoms with Crippen molar-refractivity contribution in [2.24, 2.45) is 0 Å². The van der Waals surface area contributed by atoms with E-state index in [4.69, 9.17) is 0 Å². The second-order valence-corrected chi connectivity index (χ2v) is 15.3. The molecule has 9 aromatic carbocycles. The average molecular weight is 716 g/mol. The molecule has 1 heteroatoms. The van der Waals surface area contributed by atoms with Crippen molar-refractivity contribution in [3.8, 4) is 55.6 Å². The van der Waals surface area contributed by atoms with Crippen LogP contribution in [0.4, 0.5) is 17.1 Å². The van der Waals surface area contributed by atoms with E-state index in [1.807, 2.05) is 0 Å². The molecule has 0 amide bonds. The van der Waals surface area contributed by atoms with Gasteiger partial charge in [0.15, 0.2) is 0 Å². The smallest absolute Gasteiger partial charge is 0.0546 e. The van der Waals surface area contributed by atoms with Gasteiger partial charge in [0.25, 0.3) is 0 Å². The molecule has 0 N–H and O–H groups in total. The van der Waals surface area contributed by atoms with E-state index in [-0.39, 0.29) is 5.41 Å². The molecule has 0 aromatic heterocycles. The first-order valence-electron chi connectivity index (χ1n) is 19.5. The number of fused-ring (bicyclic) bond motifs is 4. The predicted octanol–water partition coefficient (Wildman–Crippen LogP) is 15.3. The van der Waals surface area contributed by atoms with Crippen molar-refractivity contribution in [3.63, 3.8) is 0 Å². The third-order valence-electron chi connectivity index (χ3n) is 11.7. The number of hydrogen-bond acceptors (Lipinski definition) is 1. The highest BCUT2D eigenvalue weighted by Crippen LogP contribution is 2.55. The van der Waals surface area contributed by atoms with Crippen LogP contribution in [0.15, 0.2) is 212 Å². The Balaban J connectivity index is 1.30. The van der Waals surface area contributed by atoms with Crippen LogP contribution in [0.5, 0.6) is 0 Å². The Morgan fingerprint density at radius 2 is 0.839 bits per heavy atom. The minimum absolute atomic E-state index is 0.170. The Morgan fingerprint density at radius 3 is 1.59 bits per heavy atom. The summed E-state index contributed by atoms with van der Waals surface area (Å²) in [6.07, 6.45) is 0. The molecule has 0 saturated carbocycles. The molecule has 0 aliphatic heterocycles.